The highest BCUT2D eigenvalue weighted by atomic mass is 16.2. The summed E-state index contributed by atoms with van der Waals surface area (Å²) in [5.74, 6) is 0.372. The number of carbonyl (C=O) groups excluding carboxylic acids is 1. The summed E-state index contributed by atoms with van der Waals surface area (Å²) in [5.41, 5.74) is 0.230. The lowest BCUT2D eigenvalue weighted by Crippen LogP contribution is -2.49. The first kappa shape index (κ1) is 12.8. The van der Waals surface area contributed by atoms with Gasteiger partial charge in [-0.25, -0.2) is 0 Å². The topological polar surface area (TPSA) is 65.2 Å². The van der Waals surface area contributed by atoms with Crippen LogP contribution in [-0.2, 0) is 0 Å². The number of carbonyl (C=O) groups is 1. The molecule has 5 nitrogen and oxygen atoms in total. The fourth-order valence-electron chi connectivity index (χ4n) is 2.52. The number of aromatic nitrogens is 1. The Labute approximate surface area is 106 Å². The van der Waals surface area contributed by atoms with Gasteiger partial charge in [-0.15, -0.1) is 0 Å². The zero-order valence-electron chi connectivity index (χ0n) is 10.8. The molecule has 1 aliphatic rings. The maximum absolute atomic E-state index is 12.2. The van der Waals surface area contributed by atoms with Gasteiger partial charge in [0.2, 0.25) is 5.56 Å². The van der Waals surface area contributed by atoms with Crippen LogP contribution in [0.5, 0.6) is 0 Å². The third-order valence-corrected chi connectivity index (χ3v) is 3.59. The molecule has 5 heteroatoms. The Morgan fingerprint density at radius 2 is 2.33 bits per heavy atom. The van der Waals surface area contributed by atoms with Gasteiger partial charge < -0.3 is 15.2 Å². The summed E-state index contributed by atoms with van der Waals surface area (Å²) < 4.78 is 0. The lowest BCUT2D eigenvalue weighted by molar-refractivity contribution is 0.0649. The van der Waals surface area contributed by atoms with E-state index in [4.69, 9.17) is 0 Å². The maximum atomic E-state index is 12.2. The molecule has 0 saturated carbocycles. The van der Waals surface area contributed by atoms with Crippen LogP contribution < -0.4 is 10.9 Å². The summed E-state index contributed by atoms with van der Waals surface area (Å²) >= 11 is 0. The van der Waals surface area contributed by atoms with Crippen molar-refractivity contribution in [1.29, 1.82) is 0 Å². The van der Waals surface area contributed by atoms with Crippen molar-refractivity contribution in [2.24, 2.45) is 5.92 Å². The molecule has 0 spiro atoms. The molecule has 2 unspecified atom stereocenters. The van der Waals surface area contributed by atoms with Crippen molar-refractivity contribution < 1.29 is 4.79 Å². The molecule has 2 N–H and O–H groups in total. The van der Waals surface area contributed by atoms with E-state index in [9.17, 15) is 9.59 Å². The second kappa shape index (κ2) is 5.35. The second-order valence-electron chi connectivity index (χ2n) is 4.85. The smallest absolute Gasteiger partial charge is 0.254 e. The molecule has 98 valence electrons. The zero-order chi connectivity index (χ0) is 13.1. The van der Waals surface area contributed by atoms with Crippen LogP contribution in [0.25, 0.3) is 0 Å². The van der Waals surface area contributed by atoms with E-state index < -0.39 is 0 Å². The molecule has 0 radical (unpaired) electrons. The second-order valence-corrected chi connectivity index (χ2v) is 4.85. The number of hydrogen-bond acceptors (Lipinski definition) is 3. The van der Waals surface area contributed by atoms with E-state index in [1.165, 1.54) is 12.3 Å². The largest absolute Gasteiger partial charge is 0.338 e. The van der Waals surface area contributed by atoms with Crippen LogP contribution in [0.2, 0.25) is 0 Å². The molecule has 1 aromatic rings. The summed E-state index contributed by atoms with van der Waals surface area (Å²) in [6.07, 6.45) is 2.46. The van der Waals surface area contributed by atoms with E-state index in [1.54, 1.807) is 6.07 Å². The predicted octanol–water partition coefficient (Wildman–Crippen LogP) is 0.445. The average Bonchev–Trinajstić information content (AvgIpc) is 2.37. The maximum Gasteiger partial charge on any atom is 0.254 e. The Bertz CT molecular complexity index is 483. The standard InChI is InChI=1S/C13H19N3O2/c1-9-8-16(6-4-11(9)14-2)13(18)10-3-5-15-12(17)7-10/h3,5,7,9,11,14H,4,6,8H2,1-2H3,(H,15,17). The first-order valence-electron chi connectivity index (χ1n) is 6.27. The highest BCUT2D eigenvalue weighted by Gasteiger charge is 2.28. The van der Waals surface area contributed by atoms with E-state index in [0.29, 0.717) is 17.5 Å². The van der Waals surface area contributed by atoms with Gasteiger partial charge >= 0.3 is 0 Å². The minimum atomic E-state index is -0.237. The van der Waals surface area contributed by atoms with Gasteiger partial charge in [0.15, 0.2) is 0 Å². The van der Waals surface area contributed by atoms with Gasteiger partial charge in [-0.2, -0.15) is 0 Å². The third kappa shape index (κ3) is 2.61. The molecule has 2 heterocycles. The number of amides is 1. The van der Waals surface area contributed by atoms with E-state index in [-0.39, 0.29) is 11.5 Å². The molecule has 0 aliphatic carbocycles. The highest BCUT2D eigenvalue weighted by Crippen LogP contribution is 2.18. The van der Waals surface area contributed by atoms with E-state index in [0.717, 1.165) is 19.5 Å². The van der Waals surface area contributed by atoms with Crippen LogP contribution >= 0.6 is 0 Å². The third-order valence-electron chi connectivity index (χ3n) is 3.59. The van der Waals surface area contributed by atoms with Crippen LogP contribution in [0.3, 0.4) is 0 Å². The van der Waals surface area contributed by atoms with Crippen LogP contribution in [0.15, 0.2) is 23.1 Å². The highest BCUT2D eigenvalue weighted by molar-refractivity contribution is 5.94. The van der Waals surface area contributed by atoms with Gasteiger partial charge in [0.1, 0.15) is 0 Å². The van der Waals surface area contributed by atoms with Crippen molar-refractivity contribution in [1.82, 2.24) is 15.2 Å². The molecule has 18 heavy (non-hydrogen) atoms. The number of nitrogens with zero attached hydrogens (tertiary/aromatic N) is 1. The molecule has 2 atom stereocenters. The van der Waals surface area contributed by atoms with Gasteiger partial charge in [0.25, 0.3) is 5.91 Å². The molecule has 2 rings (SSSR count). The van der Waals surface area contributed by atoms with Gasteiger partial charge in [-0.1, -0.05) is 6.92 Å². The Morgan fingerprint density at radius 1 is 1.56 bits per heavy atom. The van der Waals surface area contributed by atoms with E-state index in [1.807, 2.05) is 11.9 Å². The molecule has 1 fully saturated rings. The Hall–Kier alpha value is -1.62. The van der Waals surface area contributed by atoms with Crippen molar-refractivity contribution >= 4 is 5.91 Å². The summed E-state index contributed by atoms with van der Waals surface area (Å²) in [6, 6.07) is 3.48. The minimum absolute atomic E-state index is 0.0532. The monoisotopic (exact) mass is 249 g/mol. The number of piperidine rings is 1. The quantitative estimate of drug-likeness (QED) is 0.799. The molecule has 1 saturated heterocycles. The number of H-pyrrole nitrogens is 1. The SMILES string of the molecule is CNC1CCN(C(=O)c2cc[nH]c(=O)c2)CC1C. The molecule has 1 amide bonds. The van der Waals surface area contributed by atoms with Crippen molar-refractivity contribution in [3.63, 3.8) is 0 Å². The summed E-state index contributed by atoms with van der Waals surface area (Å²) in [6.45, 7) is 3.61. The van der Waals surface area contributed by atoms with Gasteiger partial charge in [0, 0.05) is 37.0 Å². The van der Waals surface area contributed by atoms with Crippen molar-refractivity contribution in [3.8, 4) is 0 Å². The number of aromatic amines is 1. The lowest BCUT2D eigenvalue weighted by Gasteiger charge is -2.36. The lowest BCUT2D eigenvalue weighted by atomic mass is 9.93. The van der Waals surface area contributed by atoms with Crippen LogP contribution in [0.1, 0.15) is 23.7 Å². The van der Waals surface area contributed by atoms with E-state index in [2.05, 4.69) is 17.2 Å². The molecule has 1 aliphatic heterocycles. The average molecular weight is 249 g/mol. The molecular formula is C13H19N3O2. The number of likely N-dealkylation sites (tertiary alicyclic amines) is 1. The fraction of sp³-hybridized carbons (Fsp3) is 0.538. The van der Waals surface area contributed by atoms with Crippen LogP contribution in [-0.4, -0.2) is 42.0 Å². The van der Waals surface area contributed by atoms with Gasteiger partial charge in [-0.3, -0.25) is 9.59 Å². The van der Waals surface area contributed by atoms with Crippen LogP contribution in [0, 0.1) is 5.92 Å². The molecule has 0 bridgehead atoms. The van der Waals surface area contributed by atoms with Gasteiger partial charge in [0.05, 0.1) is 0 Å². The molecular weight excluding hydrogens is 230 g/mol. The number of hydrogen-bond donors (Lipinski definition) is 2. The molecule has 0 aromatic carbocycles. The minimum Gasteiger partial charge on any atom is -0.338 e. The summed E-state index contributed by atoms with van der Waals surface area (Å²) in [4.78, 5) is 27.8. The predicted molar refractivity (Wildman–Crippen MR) is 69.6 cm³/mol. The molecule has 1 aromatic heterocycles. The number of nitrogens with one attached hydrogen (secondary N) is 2. The number of pyridine rings is 1. The Kier molecular flexibility index (Phi) is 3.81. The Morgan fingerprint density at radius 3 is 2.94 bits per heavy atom. The van der Waals surface area contributed by atoms with Crippen molar-refractivity contribution in [3.05, 3.63) is 34.2 Å². The normalized spacial score (nSPS) is 24.0. The first-order chi connectivity index (χ1) is 8.61. The fourth-order valence-corrected chi connectivity index (χ4v) is 2.52. The van der Waals surface area contributed by atoms with Crippen molar-refractivity contribution in [2.45, 2.75) is 19.4 Å². The Balaban J connectivity index is 2.09. The first-order valence-corrected chi connectivity index (χ1v) is 6.27. The van der Waals surface area contributed by atoms with Crippen molar-refractivity contribution in [2.75, 3.05) is 20.1 Å². The number of rotatable bonds is 2. The summed E-state index contributed by atoms with van der Waals surface area (Å²) in [7, 11) is 1.95. The summed E-state index contributed by atoms with van der Waals surface area (Å²) in [5, 5.41) is 3.27. The van der Waals surface area contributed by atoms with Crippen LogP contribution in [0.4, 0.5) is 0 Å². The van der Waals surface area contributed by atoms with E-state index >= 15 is 0 Å². The van der Waals surface area contributed by atoms with Gasteiger partial charge in [-0.05, 0) is 25.5 Å². The zero-order valence-corrected chi connectivity index (χ0v) is 10.8.